The first kappa shape index (κ1) is 18.7. The summed E-state index contributed by atoms with van der Waals surface area (Å²) in [7, 11) is 1.54. The molecule has 1 aromatic rings. The van der Waals surface area contributed by atoms with Gasteiger partial charge in [-0.3, -0.25) is 4.79 Å². The highest BCUT2D eigenvalue weighted by molar-refractivity contribution is 5.85. The molecule has 0 aromatic heterocycles. The Kier molecular flexibility index (Phi) is 8.96. The molecule has 0 radical (unpaired) electrons. The van der Waals surface area contributed by atoms with Gasteiger partial charge in [0, 0.05) is 12.1 Å². The fraction of sp³-hybridized carbons (Fsp3) is 0.500. The molecule has 0 heterocycles. The summed E-state index contributed by atoms with van der Waals surface area (Å²) >= 11 is 0. The summed E-state index contributed by atoms with van der Waals surface area (Å²) in [5, 5.41) is 12.7. The standard InChI is InChI=1S/C14H22N2O3.ClH/c1-3-6-11(15)14(18)16-9-12(17)10-7-4-5-8-13(10)19-2;/h4-5,7-8,11-12,17H,3,6,9,15H2,1-2H3,(H,16,18);1H. The maximum Gasteiger partial charge on any atom is 0.237 e. The van der Waals surface area contributed by atoms with E-state index in [-0.39, 0.29) is 24.9 Å². The summed E-state index contributed by atoms with van der Waals surface area (Å²) in [6.45, 7) is 2.09. The number of carbonyl (C=O) groups is 1. The Morgan fingerprint density at radius 3 is 2.70 bits per heavy atom. The van der Waals surface area contributed by atoms with E-state index in [4.69, 9.17) is 10.5 Å². The number of ether oxygens (including phenoxy) is 1. The van der Waals surface area contributed by atoms with Gasteiger partial charge in [-0.1, -0.05) is 31.5 Å². The summed E-state index contributed by atoms with van der Waals surface area (Å²) in [5.41, 5.74) is 6.34. The second-order valence-corrected chi connectivity index (χ2v) is 4.40. The lowest BCUT2D eigenvalue weighted by Crippen LogP contribution is -2.42. The van der Waals surface area contributed by atoms with Gasteiger partial charge in [-0.25, -0.2) is 0 Å². The van der Waals surface area contributed by atoms with E-state index in [0.717, 1.165) is 6.42 Å². The van der Waals surface area contributed by atoms with Gasteiger partial charge in [0.15, 0.2) is 0 Å². The molecule has 6 heteroatoms. The zero-order valence-electron chi connectivity index (χ0n) is 11.8. The maximum absolute atomic E-state index is 11.6. The first-order valence-electron chi connectivity index (χ1n) is 6.44. The molecule has 20 heavy (non-hydrogen) atoms. The first-order chi connectivity index (χ1) is 9.10. The molecule has 4 N–H and O–H groups in total. The average molecular weight is 303 g/mol. The molecule has 0 spiro atoms. The third kappa shape index (κ3) is 5.36. The average Bonchev–Trinajstić information content (AvgIpc) is 2.44. The zero-order valence-corrected chi connectivity index (χ0v) is 12.7. The van der Waals surface area contributed by atoms with Gasteiger partial charge in [-0.2, -0.15) is 0 Å². The van der Waals surface area contributed by atoms with Crippen LogP contribution in [0.15, 0.2) is 24.3 Å². The van der Waals surface area contributed by atoms with Gasteiger partial charge < -0.3 is 20.9 Å². The van der Waals surface area contributed by atoms with Gasteiger partial charge in [0.05, 0.1) is 19.3 Å². The second-order valence-electron chi connectivity index (χ2n) is 4.40. The molecule has 1 rings (SSSR count). The van der Waals surface area contributed by atoms with Crippen LogP contribution in [0.1, 0.15) is 31.4 Å². The van der Waals surface area contributed by atoms with Crippen LogP contribution in [0.5, 0.6) is 5.75 Å². The molecule has 2 unspecified atom stereocenters. The molecule has 114 valence electrons. The lowest BCUT2D eigenvalue weighted by atomic mass is 10.1. The molecule has 0 bridgehead atoms. The number of methoxy groups -OCH3 is 1. The summed E-state index contributed by atoms with van der Waals surface area (Å²) in [4.78, 5) is 11.6. The Hall–Kier alpha value is -1.30. The molecule has 1 aromatic carbocycles. The van der Waals surface area contributed by atoms with Crippen LogP contribution in [0.3, 0.4) is 0 Å². The van der Waals surface area contributed by atoms with Gasteiger partial charge in [0.25, 0.3) is 0 Å². The van der Waals surface area contributed by atoms with Crippen LogP contribution < -0.4 is 15.8 Å². The predicted octanol–water partition coefficient (Wildman–Crippen LogP) is 1.39. The van der Waals surface area contributed by atoms with Gasteiger partial charge in [0.1, 0.15) is 5.75 Å². The normalized spacial score (nSPS) is 13.0. The molecule has 1 amide bonds. The highest BCUT2D eigenvalue weighted by Crippen LogP contribution is 2.23. The van der Waals surface area contributed by atoms with Crippen LogP contribution in [-0.2, 0) is 4.79 Å². The van der Waals surface area contributed by atoms with Crippen molar-refractivity contribution < 1.29 is 14.6 Å². The molecule has 5 nitrogen and oxygen atoms in total. The molecule has 0 aliphatic rings. The molecule has 0 aliphatic carbocycles. The van der Waals surface area contributed by atoms with E-state index in [1.54, 1.807) is 19.2 Å². The van der Waals surface area contributed by atoms with Crippen molar-refractivity contribution in [3.05, 3.63) is 29.8 Å². The largest absolute Gasteiger partial charge is 0.496 e. The van der Waals surface area contributed by atoms with Crippen molar-refractivity contribution in [1.82, 2.24) is 5.32 Å². The fourth-order valence-electron chi connectivity index (χ4n) is 1.82. The number of aliphatic hydroxyl groups excluding tert-OH is 1. The number of para-hydroxylation sites is 1. The monoisotopic (exact) mass is 302 g/mol. The fourth-order valence-corrected chi connectivity index (χ4v) is 1.82. The van der Waals surface area contributed by atoms with E-state index < -0.39 is 12.1 Å². The van der Waals surface area contributed by atoms with Crippen molar-refractivity contribution >= 4 is 18.3 Å². The third-order valence-corrected chi connectivity index (χ3v) is 2.90. The summed E-state index contributed by atoms with van der Waals surface area (Å²) in [6, 6.07) is 6.65. The predicted molar refractivity (Wildman–Crippen MR) is 81.1 cm³/mol. The number of hydrogen-bond donors (Lipinski definition) is 3. The summed E-state index contributed by atoms with van der Waals surface area (Å²) in [5.74, 6) is 0.359. The minimum atomic E-state index is -0.811. The highest BCUT2D eigenvalue weighted by Gasteiger charge is 2.16. The number of halogens is 1. The van der Waals surface area contributed by atoms with Crippen LogP contribution >= 0.6 is 12.4 Å². The van der Waals surface area contributed by atoms with Crippen LogP contribution in [0, 0.1) is 0 Å². The maximum atomic E-state index is 11.6. The summed E-state index contributed by atoms with van der Waals surface area (Å²) in [6.07, 6.45) is 0.675. The van der Waals surface area contributed by atoms with Gasteiger partial charge in [-0.15, -0.1) is 12.4 Å². The highest BCUT2D eigenvalue weighted by atomic mass is 35.5. The lowest BCUT2D eigenvalue weighted by molar-refractivity contribution is -0.123. The smallest absolute Gasteiger partial charge is 0.237 e. The Labute approximate surface area is 125 Å². The number of hydrogen-bond acceptors (Lipinski definition) is 4. The number of carbonyl (C=O) groups excluding carboxylic acids is 1. The number of amides is 1. The molecule has 2 atom stereocenters. The van der Waals surface area contributed by atoms with Crippen molar-refractivity contribution in [2.24, 2.45) is 5.73 Å². The minimum Gasteiger partial charge on any atom is -0.496 e. The van der Waals surface area contributed by atoms with E-state index in [2.05, 4.69) is 5.32 Å². The molecule has 0 fully saturated rings. The number of benzene rings is 1. The van der Waals surface area contributed by atoms with Crippen molar-refractivity contribution in [3.8, 4) is 5.75 Å². The van der Waals surface area contributed by atoms with E-state index in [1.807, 2.05) is 19.1 Å². The van der Waals surface area contributed by atoms with Gasteiger partial charge >= 0.3 is 0 Å². The van der Waals surface area contributed by atoms with Crippen molar-refractivity contribution in [1.29, 1.82) is 0 Å². The Morgan fingerprint density at radius 2 is 2.10 bits per heavy atom. The van der Waals surface area contributed by atoms with Crippen LogP contribution in [0.2, 0.25) is 0 Å². The Morgan fingerprint density at radius 1 is 1.45 bits per heavy atom. The molecule has 0 saturated carbocycles. The quantitative estimate of drug-likeness (QED) is 0.711. The lowest BCUT2D eigenvalue weighted by Gasteiger charge is -2.17. The van der Waals surface area contributed by atoms with Crippen LogP contribution in [-0.4, -0.2) is 30.7 Å². The number of nitrogens with two attached hydrogens (primary N) is 1. The van der Waals surface area contributed by atoms with Gasteiger partial charge in [-0.05, 0) is 12.5 Å². The first-order valence-corrected chi connectivity index (χ1v) is 6.44. The van der Waals surface area contributed by atoms with Crippen molar-refractivity contribution in [2.75, 3.05) is 13.7 Å². The second kappa shape index (κ2) is 9.58. The number of nitrogens with one attached hydrogen (secondary N) is 1. The van der Waals surface area contributed by atoms with Crippen molar-refractivity contribution in [2.45, 2.75) is 31.9 Å². The van der Waals surface area contributed by atoms with E-state index >= 15 is 0 Å². The molecular weight excluding hydrogens is 280 g/mol. The Balaban J connectivity index is 0.00000361. The van der Waals surface area contributed by atoms with E-state index in [9.17, 15) is 9.90 Å². The third-order valence-electron chi connectivity index (χ3n) is 2.90. The van der Waals surface area contributed by atoms with E-state index in [1.165, 1.54) is 0 Å². The number of rotatable bonds is 7. The molecule has 0 saturated heterocycles. The SMILES string of the molecule is CCCC(N)C(=O)NCC(O)c1ccccc1OC.Cl. The molecular formula is C14H23ClN2O3. The Bertz CT molecular complexity index is 415. The van der Waals surface area contributed by atoms with Crippen molar-refractivity contribution in [3.63, 3.8) is 0 Å². The number of aliphatic hydroxyl groups is 1. The summed E-state index contributed by atoms with van der Waals surface area (Å²) < 4.78 is 5.16. The van der Waals surface area contributed by atoms with E-state index in [0.29, 0.717) is 17.7 Å². The topological polar surface area (TPSA) is 84.6 Å². The van der Waals surface area contributed by atoms with Gasteiger partial charge in [0.2, 0.25) is 5.91 Å². The van der Waals surface area contributed by atoms with Crippen LogP contribution in [0.4, 0.5) is 0 Å². The molecule has 0 aliphatic heterocycles. The zero-order chi connectivity index (χ0) is 14.3. The minimum absolute atomic E-state index is 0. The van der Waals surface area contributed by atoms with Crippen LogP contribution in [0.25, 0.3) is 0 Å².